The van der Waals surface area contributed by atoms with Gasteiger partial charge in [-0.25, -0.2) is 14.6 Å². The number of carbonyl (C=O) groups excluding carboxylic acids is 1. The molecule has 0 bridgehead atoms. The molecule has 0 radical (unpaired) electrons. The first-order chi connectivity index (χ1) is 8.54. The molecule has 0 atom stereocenters. The summed E-state index contributed by atoms with van der Waals surface area (Å²) in [6, 6.07) is 1.76. The number of aldehydes is 1. The Morgan fingerprint density at radius 1 is 1.39 bits per heavy atom. The maximum atomic E-state index is 11.1. The van der Waals surface area contributed by atoms with E-state index in [-0.39, 0.29) is 11.1 Å². The normalized spacial score (nSPS) is 10.9. The predicted molar refractivity (Wildman–Crippen MR) is 68.4 cm³/mol. The molecular weight excluding hydrogens is 252 g/mol. The zero-order valence-electron chi connectivity index (χ0n) is 10.4. The van der Waals surface area contributed by atoms with E-state index in [2.05, 4.69) is 15.1 Å². The average Bonchev–Trinajstić information content (AvgIpc) is 2.66. The predicted octanol–water partition coefficient (Wildman–Crippen LogP) is 2.56. The molecule has 2 heterocycles. The summed E-state index contributed by atoms with van der Waals surface area (Å²) in [7, 11) is 0. The van der Waals surface area contributed by atoms with Crippen LogP contribution in [-0.4, -0.2) is 26.0 Å². The van der Waals surface area contributed by atoms with Crippen molar-refractivity contribution in [3.63, 3.8) is 0 Å². The molecule has 18 heavy (non-hydrogen) atoms. The van der Waals surface area contributed by atoms with Crippen molar-refractivity contribution >= 4 is 17.9 Å². The van der Waals surface area contributed by atoms with Crippen LogP contribution in [0.3, 0.4) is 0 Å². The second kappa shape index (κ2) is 4.86. The summed E-state index contributed by atoms with van der Waals surface area (Å²) in [6.07, 6.45) is 2.17. The maximum Gasteiger partial charge on any atom is 0.158 e. The summed E-state index contributed by atoms with van der Waals surface area (Å²) in [5.74, 6) is 0.675. The summed E-state index contributed by atoms with van der Waals surface area (Å²) in [5.41, 5.74) is 1.90. The first-order valence-electron chi connectivity index (χ1n) is 5.57. The first-order valence-corrected chi connectivity index (χ1v) is 5.95. The number of aryl methyl sites for hydroxylation is 1. The van der Waals surface area contributed by atoms with Crippen LogP contribution in [0, 0.1) is 6.92 Å². The highest BCUT2D eigenvalue weighted by Gasteiger charge is 2.19. The van der Waals surface area contributed by atoms with Crippen molar-refractivity contribution in [3.8, 4) is 5.82 Å². The van der Waals surface area contributed by atoms with Crippen LogP contribution in [-0.2, 0) is 0 Å². The van der Waals surface area contributed by atoms with Crippen LogP contribution < -0.4 is 0 Å². The molecule has 6 heteroatoms. The van der Waals surface area contributed by atoms with Gasteiger partial charge in [0.2, 0.25) is 0 Å². The van der Waals surface area contributed by atoms with Gasteiger partial charge in [-0.1, -0.05) is 25.4 Å². The van der Waals surface area contributed by atoms with Gasteiger partial charge in [0.15, 0.2) is 12.1 Å². The van der Waals surface area contributed by atoms with Crippen LogP contribution in [0.2, 0.25) is 5.15 Å². The van der Waals surface area contributed by atoms with Crippen LogP contribution in [0.1, 0.15) is 41.5 Å². The molecule has 0 aliphatic rings. The Morgan fingerprint density at radius 3 is 2.61 bits per heavy atom. The molecular formula is C12H13ClN4O. The Bertz CT molecular complexity index is 592. The highest BCUT2D eigenvalue weighted by molar-refractivity contribution is 6.32. The third-order valence-corrected chi connectivity index (χ3v) is 2.93. The molecule has 0 spiro atoms. The van der Waals surface area contributed by atoms with Gasteiger partial charge in [0.25, 0.3) is 0 Å². The van der Waals surface area contributed by atoms with Gasteiger partial charge in [-0.3, -0.25) is 4.79 Å². The van der Waals surface area contributed by atoms with Crippen LogP contribution in [0.4, 0.5) is 0 Å². The number of rotatable bonds is 3. The smallest absolute Gasteiger partial charge is 0.158 e. The number of aromatic nitrogens is 4. The van der Waals surface area contributed by atoms with Gasteiger partial charge in [-0.2, -0.15) is 5.10 Å². The second-order valence-electron chi connectivity index (χ2n) is 4.29. The number of carbonyl (C=O) groups is 1. The lowest BCUT2D eigenvalue weighted by Gasteiger charge is -2.02. The van der Waals surface area contributed by atoms with E-state index in [0.29, 0.717) is 17.1 Å². The topological polar surface area (TPSA) is 60.7 Å². The number of halogens is 1. The molecule has 0 fully saturated rings. The van der Waals surface area contributed by atoms with Crippen molar-refractivity contribution in [1.29, 1.82) is 0 Å². The van der Waals surface area contributed by atoms with Crippen LogP contribution >= 0.6 is 11.6 Å². The molecule has 0 aliphatic heterocycles. The van der Waals surface area contributed by atoms with Crippen LogP contribution in [0.25, 0.3) is 5.82 Å². The quantitative estimate of drug-likeness (QED) is 0.800. The van der Waals surface area contributed by atoms with E-state index in [4.69, 9.17) is 11.6 Å². The van der Waals surface area contributed by atoms with Crippen molar-refractivity contribution < 1.29 is 4.79 Å². The lowest BCUT2D eigenvalue weighted by atomic mass is 10.1. The maximum absolute atomic E-state index is 11.1. The molecule has 94 valence electrons. The van der Waals surface area contributed by atoms with Gasteiger partial charge >= 0.3 is 0 Å². The van der Waals surface area contributed by atoms with E-state index < -0.39 is 0 Å². The van der Waals surface area contributed by atoms with Gasteiger partial charge < -0.3 is 0 Å². The molecule has 5 nitrogen and oxygen atoms in total. The van der Waals surface area contributed by atoms with Gasteiger partial charge in [0, 0.05) is 11.8 Å². The average molecular weight is 265 g/mol. The zero-order chi connectivity index (χ0) is 13.3. The fourth-order valence-electron chi connectivity index (χ4n) is 1.67. The lowest BCUT2D eigenvalue weighted by molar-refractivity contribution is 0.112. The Labute approximate surface area is 110 Å². The zero-order valence-corrected chi connectivity index (χ0v) is 11.1. The SMILES string of the molecule is Cc1cc(-n2nc(C(C)C)c(C=O)c2Cl)ncn1. The van der Waals surface area contributed by atoms with E-state index >= 15 is 0 Å². The first kappa shape index (κ1) is 12.7. The minimum absolute atomic E-state index is 0.117. The fourth-order valence-corrected chi connectivity index (χ4v) is 1.93. The van der Waals surface area contributed by atoms with E-state index in [9.17, 15) is 4.79 Å². The number of nitrogens with zero attached hydrogens (tertiary/aromatic N) is 4. The molecule has 0 aromatic carbocycles. The number of hydrogen-bond acceptors (Lipinski definition) is 4. The summed E-state index contributed by atoms with van der Waals surface area (Å²) in [4.78, 5) is 19.2. The minimum atomic E-state index is 0.117. The van der Waals surface area contributed by atoms with E-state index in [1.807, 2.05) is 20.8 Å². The van der Waals surface area contributed by atoms with Gasteiger partial charge in [-0.15, -0.1) is 0 Å². The summed E-state index contributed by atoms with van der Waals surface area (Å²) >= 11 is 6.17. The fraction of sp³-hybridized carbons (Fsp3) is 0.333. The summed E-state index contributed by atoms with van der Waals surface area (Å²) < 4.78 is 1.47. The molecule has 2 aromatic heterocycles. The standard InChI is InChI=1S/C12H13ClN4O/c1-7(2)11-9(5-18)12(13)17(16-11)10-4-8(3)14-6-15-10/h4-7H,1-3H3. The molecule has 0 aliphatic carbocycles. The monoisotopic (exact) mass is 264 g/mol. The van der Waals surface area contributed by atoms with Crippen molar-refractivity contribution in [2.24, 2.45) is 0 Å². The van der Waals surface area contributed by atoms with Crippen molar-refractivity contribution in [2.75, 3.05) is 0 Å². The highest BCUT2D eigenvalue weighted by Crippen LogP contribution is 2.26. The highest BCUT2D eigenvalue weighted by atomic mass is 35.5. The van der Waals surface area contributed by atoms with Gasteiger partial charge in [0.1, 0.15) is 11.5 Å². The van der Waals surface area contributed by atoms with Crippen LogP contribution in [0.5, 0.6) is 0 Å². The largest absolute Gasteiger partial charge is 0.298 e. The molecule has 0 saturated heterocycles. The second-order valence-corrected chi connectivity index (χ2v) is 4.65. The van der Waals surface area contributed by atoms with Crippen molar-refractivity contribution in [1.82, 2.24) is 19.7 Å². The van der Waals surface area contributed by atoms with Crippen molar-refractivity contribution in [2.45, 2.75) is 26.7 Å². The molecule has 0 N–H and O–H groups in total. The third kappa shape index (κ3) is 2.13. The van der Waals surface area contributed by atoms with E-state index in [0.717, 1.165) is 12.0 Å². The Hall–Kier alpha value is -1.75. The van der Waals surface area contributed by atoms with E-state index in [1.54, 1.807) is 6.07 Å². The van der Waals surface area contributed by atoms with Crippen molar-refractivity contribution in [3.05, 3.63) is 34.5 Å². The third-order valence-electron chi connectivity index (χ3n) is 2.56. The van der Waals surface area contributed by atoms with E-state index in [1.165, 1.54) is 11.0 Å². The van der Waals surface area contributed by atoms with Crippen LogP contribution in [0.15, 0.2) is 12.4 Å². The summed E-state index contributed by atoms with van der Waals surface area (Å²) in [5, 5.41) is 4.64. The number of hydrogen-bond donors (Lipinski definition) is 0. The lowest BCUT2D eigenvalue weighted by Crippen LogP contribution is -2.02. The Morgan fingerprint density at radius 2 is 2.11 bits per heavy atom. The summed E-state index contributed by atoms with van der Waals surface area (Å²) in [6.45, 7) is 5.77. The molecule has 0 amide bonds. The molecule has 2 aromatic rings. The molecule has 2 rings (SSSR count). The Kier molecular flexibility index (Phi) is 3.43. The minimum Gasteiger partial charge on any atom is -0.298 e. The molecule has 0 unspecified atom stereocenters. The molecule has 0 saturated carbocycles. The Balaban J connectivity index is 2.62. The van der Waals surface area contributed by atoms with Gasteiger partial charge in [0.05, 0.1) is 11.3 Å². The van der Waals surface area contributed by atoms with Gasteiger partial charge in [-0.05, 0) is 12.8 Å².